The SMILES string of the molecule is CCOCCNc1nc(SC(C)C)nc2c1cnn2CCNC(=O)c1ccc(F)c(F)c1. The van der Waals surface area contributed by atoms with Crippen LogP contribution in [0.3, 0.4) is 0 Å². The summed E-state index contributed by atoms with van der Waals surface area (Å²) in [6.45, 7) is 8.44. The zero-order valence-electron chi connectivity index (χ0n) is 18.2. The van der Waals surface area contributed by atoms with E-state index in [1.54, 1.807) is 22.6 Å². The Hall–Kier alpha value is -2.79. The van der Waals surface area contributed by atoms with Gasteiger partial charge in [-0.3, -0.25) is 4.79 Å². The lowest BCUT2D eigenvalue weighted by Gasteiger charge is -2.11. The number of nitrogens with zero attached hydrogens (tertiary/aromatic N) is 4. The number of carbonyl (C=O) groups excluding carboxylic acids is 1. The van der Waals surface area contributed by atoms with Crippen LogP contribution in [-0.2, 0) is 11.3 Å². The Bertz CT molecular complexity index is 1080. The second-order valence-electron chi connectivity index (χ2n) is 7.13. The quantitative estimate of drug-likeness (QED) is 0.255. The highest BCUT2D eigenvalue weighted by atomic mass is 32.2. The first-order chi connectivity index (χ1) is 15.4. The van der Waals surface area contributed by atoms with E-state index in [0.29, 0.717) is 48.2 Å². The number of benzene rings is 1. The maximum Gasteiger partial charge on any atom is 0.251 e. The Morgan fingerprint density at radius 1 is 1.22 bits per heavy atom. The summed E-state index contributed by atoms with van der Waals surface area (Å²) < 4.78 is 33.5. The van der Waals surface area contributed by atoms with Crippen molar-refractivity contribution in [1.82, 2.24) is 25.1 Å². The van der Waals surface area contributed by atoms with Crippen LogP contribution in [0, 0.1) is 11.6 Å². The van der Waals surface area contributed by atoms with Crippen molar-refractivity contribution in [2.75, 3.05) is 31.6 Å². The van der Waals surface area contributed by atoms with Crippen molar-refractivity contribution in [2.24, 2.45) is 0 Å². The number of hydrogen-bond donors (Lipinski definition) is 2. The average molecular weight is 465 g/mol. The normalized spacial score (nSPS) is 11.3. The molecule has 3 aromatic rings. The molecule has 11 heteroatoms. The number of aromatic nitrogens is 4. The van der Waals surface area contributed by atoms with Gasteiger partial charge in [0.25, 0.3) is 5.91 Å². The summed E-state index contributed by atoms with van der Waals surface area (Å²) in [5.74, 6) is -1.88. The third kappa shape index (κ3) is 6.13. The van der Waals surface area contributed by atoms with Crippen LogP contribution < -0.4 is 10.6 Å². The number of anilines is 1. The number of halogens is 2. The number of thioether (sulfide) groups is 1. The molecule has 0 fully saturated rings. The van der Waals surface area contributed by atoms with Crippen LogP contribution in [0.4, 0.5) is 14.6 Å². The minimum atomic E-state index is -1.06. The molecule has 2 heterocycles. The predicted octanol–water partition coefficient (Wildman–Crippen LogP) is 3.48. The Labute approximate surface area is 189 Å². The highest BCUT2D eigenvalue weighted by Crippen LogP contribution is 2.26. The first kappa shape index (κ1) is 23.9. The number of carbonyl (C=O) groups is 1. The molecule has 0 atom stereocenters. The Balaban J connectivity index is 1.72. The first-order valence-corrected chi connectivity index (χ1v) is 11.2. The monoisotopic (exact) mass is 464 g/mol. The molecule has 8 nitrogen and oxygen atoms in total. The van der Waals surface area contributed by atoms with Gasteiger partial charge >= 0.3 is 0 Å². The summed E-state index contributed by atoms with van der Waals surface area (Å²) in [5, 5.41) is 12.0. The molecule has 0 saturated carbocycles. The van der Waals surface area contributed by atoms with Gasteiger partial charge in [0.05, 0.1) is 24.7 Å². The van der Waals surface area contributed by atoms with Gasteiger partial charge in [-0.1, -0.05) is 25.6 Å². The molecule has 1 aromatic carbocycles. The highest BCUT2D eigenvalue weighted by molar-refractivity contribution is 7.99. The van der Waals surface area contributed by atoms with Crippen LogP contribution in [-0.4, -0.2) is 57.2 Å². The predicted molar refractivity (Wildman–Crippen MR) is 120 cm³/mol. The molecule has 0 aliphatic carbocycles. The Morgan fingerprint density at radius 2 is 2.03 bits per heavy atom. The van der Waals surface area contributed by atoms with E-state index in [4.69, 9.17) is 4.74 Å². The van der Waals surface area contributed by atoms with Crippen LogP contribution in [0.25, 0.3) is 11.0 Å². The number of hydrogen-bond acceptors (Lipinski definition) is 7. The summed E-state index contributed by atoms with van der Waals surface area (Å²) in [4.78, 5) is 21.5. The smallest absolute Gasteiger partial charge is 0.251 e. The van der Waals surface area contributed by atoms with E-state index in [2.05, 4.69) is 39.5 Å². The molecule has 32 heavy (non-hydrogen) atoms. The number of fused-ring (bicyclic) bond motifs is 1. The van der Waals surface area contributed by atoms with Crippen LogP contribution in [0.15, 0.2) is 29.6 Å². The van der Waals surface area contributed by atoms with E-state index in [-0.39, 0.29) is 12.1 Å². The maximum atomic E-state index is 13.4. The Kier molecular flexibility index (Phi) is 8.34. The summed E-state index contributed by atoms with van der Waals surface area (Å²) in [6.07, 6.45) is 1.68. The summed E-state index contributed by atoms with van der Waals surface area (Å²) in [5.41, 5.74) is 0.692. The zero-order valence-corrected chi connectivity index (χ0v) is 19.0. The van der Waals surface area contributed by atoms with E-state index in [1.165, 1.54) is 6.07 Å². The fraction of sp³-hybridized carbons (Fsp3) is 0.429. The summed E-state index contributed by atoms with van der Waals surface area (Å²) in [7, 11) is 0. The van der Waals surface area contributed by atoms with Gasteiger partial charge < -0.3 is 15.4 Å². The molecule has 0 saturated heterocycles. The molecule has 0 unspecified atom stereocenters. The molecule has 0 radical (unpaired) electrons. The van der Waals surface area contributed by atoms with E-state index < -0.39 is 17.5 Å². The highest BCUT2D eigenvalue weighted by Gasteiger charge is 2.15. The van der Waals surface area contributed by atoms with Gasteiger partial charge in [-0.2, -0.15) is 5.10 Å². The lowest BCUT2D eigenvalue weighted by molar-refractivity contribution is 0.0951. The van der Waals surface area contributed by atoms with Gasteiger partial charge in [0.15, 0.2) is 22.4 Å². The fourth-order valence-corrected chi connectivity index (χ4v) is 3.60. The van der Waals surface area contributed by atoms with Crippen molar-refractivity contribution in [1.29, 1.82) is 0 Å². The molecule has 2 N–H and O–H groups in total. The van der Waals surface area contributed by atoms with Crippen LogP contribution in [0.5, 0.6) is 0 Å². The second-order valence-corrected chi connectivity index (χ2v) is 8.68. The lowest BCUT2D eigenvalue weighted by atomic mass is 10.2. The summed E-state index contributed by atoms with van der Waals surface area (Å²) >= 11 is 1.54. The molecule has 2 aromatic heterocycles. The number of ether oxygens (including phenoxy) is 1. The maximum absolute atomic E-state index is 13.4. The van der Waals surface area contributed by atoms with Crippen molar-refractivity contribution in [3.63, 3.8) is 0 Å². The molecular formula is C21H26F2N6O2S. The van der Waals surface area contributed by atoms with Crippen molar-refractivity contribution in [3.05, 3.63) is 41.6 Å². The van der Waals surface area contributed by atoms with E-state index in [0.717, 1.165) is 17.5 Å². The van der Waals surface area contributed by atoms with E-state index in [1.807, 2.05) is 6.92 Å². The van der Waals surface area contributed by atoms with Gasteiger partial charge in [0, 0.05) is 30.5 Å². The van der Waals surface area contributed by atoms with Crippen molar-refractivity contribution >= 4 is 34.5 Å². The van der Waals surface area contributed by atoms with E-state index in [9.17, 15) is 13.6 Å². The molecule has 172 valence electrons. The minimum Gasteiger partial charge on any atom is -0.380 e. The van der Waals surface area contributed by atoms with Gasteiger partial charge in [0.2, 0.25) is 0 Å². The molecular weight excluding hydrogens is 438 g/mol. The second kappa shape index (κ2) is 11.2. The van der Waals surface area contributed by atoms with Crippen molar-refractivity contribution in [2.45, 2.75) is 37.7 Å². The number of rotatable bonds is 11. The van der Waals surface area contributed by atoms with Gasteiger partial charge in [0.1, 0.15) is 5.82 Å². The molecule has 0 aliphatic heterocycles. The topological polar surface area (TPSA) is 94.0 Å². The molecule has 1 amide bonds. The van der Waals surface area contributed by atoms with E-state index >= 15 is 0 Å². The summed E-state index contributed by atoms with van der Waals surface area (Å²) in [6, 6.07) is 3.03. The number of nitrogens with one attached hydrogen (secondary N) is 2. The van der Waals surface area contributed by atoms with Crippen molar-refractivity contribution < 1.29 is 18.3 Å². The largest absolute Gasteiger partial charge is 0.380 e. The molecule has 0 spiro atoms. The third-order valence-electron chi connectivity index (χ3n) is 4.35. The number of amides is 1. The van der Waals surface area contributed by atoms with Gasteiger partial charge in [-0.05, 0) is 25.1 Å². The molecule has 3 rings (SSSR count). The average Bonchev–Trinajstić information content (AvgIpc) is 3.15. The van der Waals surface area contributed by atoms with Crippen LogP contribution in [0.1, 0.15) is 31.1 Å². The molecule has 0 aliphatic rings. The minimum absolute atomic E-state index is 0.0490. The van der Waals surface area contributed by atoms with Crippen LogP contribution in [0.2, 0.25) is 0 Å². The fourth-order valence-electron chi connectivity index (χ4n) is 2.90. The van der Waals surface area contributed by atoms with Crippen molar-refractivity contribution in [3.8, 4) is 0 Å². The van der Waals surface area contributed by atoms with Crippen LogP contribution >= 0.6 is 11.8 Å². The van der Waals surface area contributed by atoms with Gasteiger partial charge in [-0.15, -0.1) is 0 Å². The molecule has 0 bridgehead atoms. The lowest BCUT2D eigenvalue weighted by Crippen LogP contribution is -2.27. The first-order valence-electron chi connectivity index (χ1n) is 10.3. The standard InChI is InChI=1S/C21H26F2N6O2S/c1-4-31-10-8-24-18-15-12-26-29(19(15)28-21(27-18)32-13(2)3)9-7-25-20(30)14-5-6-16(22)17(23)11-14/h5-6,11-13H,4,7-10H2,1-3H3,(H,25,30)(H,24,27,28). The third-order valence-corrected chi connectivity index (χ3v) is 5.22. The van der Waals surface area contributed by atoms with Gasteiger partial charge in [-0.25, -0.2) is 23.4 Å². The Morgan fingerprint density at radius 3 is 2.75 bits per heavy atom. The zero-order chi connectivity index (χ0) is 23.1.